The van der Waals surface area contributed by atoms with Gasteiger partial charge in [0.25, 0.3) is 0 Å². The molecule has 0 fully saturated rings. The number of amides is 1. The topological polar surface area (TPSA) is 107 Å². The first-order valence-electron chi connectivity index (χ1n) is 4.64. The minimum atomic E-state index is -1.30. The van der Waals surface area contributed by atoms with E-state index in [-0.39, 0.29) is 17.2 Å². The summed E-state index contributed by atoms with van der Waals surface area (Å²) in [6.45, 7) is 1.19. The second-order valence-electron chi connectivity index (χ2n) is 3.29. The van der Waals surface area contributed by atoms with Gasteiger partial charge in [0, 0.05) is 6.92 Å². The minimum Gasteiger partial charge on any atom is -0.504 e. The minimum absolute atomic E-state index is 0.307. The fourth-order valence-electron chi connectivity index (χ4n) is 1.14. The zero-order valence-corrected chi connectivity index (χ0v) is 8.97. The average Bonchev–Trinajstić information content (AvgIpc) is 2.21. The largest absolute Gasteiger partial charge is 0.504 e. The summed E-state index contributed by atoms with van der Waals surface area (Å²) in [5.74, 6) is -2.49. The number of phenols is 2. The molecule has 0 aliphatic carbocycles. The van der Waals surface area contributed by atoms with Crippen molar-refractivity contribution in [3.63, 3.8) is 0 Å². The van der Waals surface area contributed by atoms with Gasteiger partial charge in [-0.1, -0.05) is 6.07 Å². The number of aromatic hydroxyl groups is 2. The predicted octanol–water partition coefficient (Wildman–Crippen LogP) is 0.659. The molecule has 0 aliphatic heterocycles. The molecule has 0 bridgehead atoms. The molecule has 0 aromatic heterocycles. The zero-order valence-electron chi connectivity index (χ0n) is 8.97. The van der Waals surface area contributed by atoms with Crippen molar-refractivity contribution < 1.29 is 24.9 Å². The lowest BCUT2D eigenvalue weighted by Crippen LogP contribution is -2.24. The smallest absolute Gasteiger partial charge is 0.352 e. The van der Waals surface area contributed by atoms with Gasteiger partial charge in [-0.3, -0.25) is 4.79 Å². The number of phenolic OH excluding ortho intramolecular Hbond substituents is 2. The van der Waals surface area contributed by atoms with Gasteiger partial charge in [0.2, 0.25) is 5.91 Å². The normalized spacial score (nSPS) is 11.0. The molecule has 4 N–H and O–H groups in total. The molecule has 1 aromatic carbocycles. The van der Waals surface area contributed by atoms with Gasteiger partial charge in [0.15, 0.2) is 11.5 Å². The molecule has 0 unspecified atom stereocenters. The first-order valence-corrected chi connectivity index (χ1v) is 4.64. The van der Waals surface area contributed by atoms with Crippen LogP contribution >= 0.6 is 0 Å². The average molecular weight is 237 g/mol. The Labute approximate surface area is 96.8 Å². The highest BCUT2D eigenvalue weighted by Gasteiger charge is 2.09. The Morgan fingerprint density at radius 3 is 2.35 bits per heavy atom. The number of benzene rings is 1. The molecule has 6 heteroatoms. The Hall–Kier alpha value is -2.50. The molecule has 0 spiro atoms. The molecular weight excluding hydrogens is 226 g/mol. The molecule has 0 saturated heterocycles. The number of carbonyl (C=O) groups is 2. The number of carboxylic acids is 1. The Morgan fingerprint density at radius 1 is 1.24 bits per heavy atom. The van der Waals surface area contributed by atoms with Gasteiger partial charge in [-0.2, -0.15) is 0 Å². The third-order valence-electron chi connectivity index (χ3n) is 1.85. The van der Waals surface area contributed by atoms with Gasteiger partial charge in [-0.05, 0) is 23.8 Å². The number of hydrogen-bond acceptors (Lipinski definition) is 4. The van der Waals surface area contributed by atoms with Crippen LogP contribution in [0, 0.1) is 0 Å². The van der Waals surface area contributed by atoms with Gasteiger partial charge >= 0.3 is 5.97 Å². The molecule has 0 radical (unpaired) electrons. The van der Waals surface area contributed by atoms with E-state index in [1.54, 1.807) is 0 Å². The van der Waals surface area contributed by atoms with E-state index in [2.05, 4.69) is 5.32 Å². The molecule has 0 saturated carbocycles. The van der Waals surface area contributed by atoms with Crippen LogP contribution in [0.5, 0.6) is 11.5 Å². The summed E-state index contributed by atoms with van der Waals surface area (Å²) in [5, 5.41) is 29.2. The quantitative estimate of drug-likeness (QED) is 0.456. The van der Waals surface area contributed by atoms with Crippen molar-refractivity contribution in [1.29, 1.82) is 0 Å². The molecule has 90 valence electrons. The maximum Gasteiger partial charge on any atom is 0.352 e. The highest BCUT2D eigenvalue weighted by Crippen LogP contribution is 2.25. The van der Waals surface area contributed by atoms with E-state index in [0.717, 1.165) is 0 Å². The Kier molecular flexibility index (Phi) is 3.71. The fraction of sp³-hybridized carbons (Fsp3) is 0.0909. The highest BCUT2D eigenvalue weighted by atomic mass is 16.4. The van der Waals surface area contributed by atoms with Crippen molar-refractivity contribution in [1.82, 2.24) is 5.32 Å². The van der Waals surface area contributed by atoms with E-state index in [1.807, 2.05) is 0 Å². The SMILES string of the molecule is CC(=O)NC(=Cc1ccc(O)c(O)c1)C(=O)O. The lowest BCUT2D eigenvalue weighted by molar-refractivity contribution is -0.134. The van der Waals surface area contributed by atoms with Crippen LogP contribution < -0.4 is 5.32 Å². The van der Waals surface area contributed by atoms with Gasteiger partial charge < -0.3 is 20.6 Å². The monoisotopic (exact) mass is 237 g/mol. The number of rotatable bonds is 3. The molecular formula is C11H11NO5. The molecule has 1 aromatic rings. The number of aliphatic carboxylic acids is 1. The van der Waals surface area contributed by atoms with Crippen LogP contribution in [0.4, 0.5) is 0 Å². The van der Waals surface area contributed by atoms with E-state index in [4.69, 9.17) is 10.2 Å². The van der Waals surface area contributed by atoms with E-state index >= 15 is 0 Å². The van der Waals surface area contributed by atoms with E-state index in [1.165, 1.54) is 31.2 Å². The summed E-state index contributed by atoms with van der Waals surface area (Å²) in [7, 11) is 0. The first-order chi connectivity index (χ1) is 7.90. The predicted molar refractivity (Wildman–Crippen MR) is 59.2 cm³/mol. The highest BCUT2D eigenvalue weighted by molar-refractivity contribution is 5.96. The second-order valence-corrected chi connectivity index (χ2v) is 3.29. The van der Waals surface area contributed by atoms with E-state index < -0.39 is 11.9 Å². The molecule has 0 atom stereocenters. The Bertz CT molecular complexity index is 493. The number of hydrogen-bond donors (Lipinski definition) is 4. The van der Waals surface area contributed by atoms with Gasteiger partial charge in [0.1, 0.15) is 5.70 Å². The number of carbonyl (C=O) groups excluding carboxylic acids is 1. The van der Waals surface area contributed by atoms with Crippen LogP contribution in [0.3, 0.4) is 0 Å². The van der Waals surface area contributed by atoms with Crippen molar-refractivity contribution >= 4 is 18.0 Å². The summed E-state index contributed by atoms with van der Waals surface area (Å²) >= 11 is 0. The van der Waals surface area contributed by atoms with Crippen molar-refractivity contribution in [3.8, 4) is 11.5 Å². The van der Waals surface area contributed by atoms with Crippen LogP contribution in [-0.2, 0) is 9.59 Å². The van der Waals surface area contributed by atoms with Gasteiger partial charge in [0.05, 0.1) is 0 Å². The van der Waals surface area contributed by atoms with Crippen LogP contribution in [-0.4, -0.2) is 27.2 Å². The molecule has 1 amide bonds. The second kappa shape index (κ2) is 5.02. The molecule has 0 heterocycles. The number of carboxylic acid groups (broad SMARTS) is 1. The third kappa shape index (κ3) is 3.53. The van der Waals surface area contributed by atoms with Crippen LogP contribution in [0.25, 0.3) is 6.08 Å². The van der Waals surface area contributed by atoms with Crippen LogP contribution in [0.1, 0.15) is 12.5 Å². The van der Waals surface area contributed by atoms with Crippen molar-refractivity contribution in [2.45, 2.75) is 6.92 Å². The first kappa shape index (κ1) is 12.6. The van der Waals surface area contributed by atoms with Gasteiger partial charge in [-0.25, -0.2) is 4.79 Å². The lowest BCUT2D eigenvalue weighted by Gasteiger charge is -2.03. The van der Waals surface area contributed by atoms with Crippen molar-refractivity contribution in [2.24, 2.45) is 0 Å². The van der Waals surface area contributed by atoms with Gasteiger partial charge in [-0.15, -0.1) is 0 Å². The zero-order chi connectivity index (χ0) is 13.0. The summed E-state index contributed by atoms with van der Waals surface area (Å²) in [6, 6.07) is 3.80. The Balaban J connectivity index is 3.08. The maximum absolute atomic E-state index is 10.8. The van der Waals surface area contributed by atoms with Crippen LogP contribution in [0.2, 0.25) is 0 Å². The van der Waals surface area contributed by atoms with Crippen LogP contribution in [0.15, 0.2) is 23.9 Å². The summed E-state index contributed by atoms with van der Waals surface area (Å²) in [5.41, 5.74) is 0.0223. The van der Waals surface area contributed by atoms with E-state index in [0.29, 0.717) is 5.56 Å². The summed E-state index contributed by atoms with van der Waals surface area (Å²) in [6.07, 6.45) is 1.17. The molecule has 0 aliphatic rings. The van der Waals surface area contributed by atoms with Crippen molar-refractivity contribution in [3.05, 3.63) is 29.5 Å². The molecule has 1 rings (SSSR count). The fourth-order valence-corrected chi connectivity index (χ4v) is 1.14. The third-order valence-corrected chi connectivity index (χ3v) is 1.85. The molecule has 17 heavy (non-hydrogen) atoms. The molecule has 6 nitrogen and oxygen atoms in total. The standard InChI is InChI=1S/C11H11NO5/c1-6(13)12-8(11(16)17)4-7-2-3-9(14)10(15)5-7/h2-5,14-15H,1H3,(H,12,13)(H,16,17). The summed E-state index contributed by atoms with van der Waals surface area (Å²) in [4.78, 5) is 21.6. The van der Waals surface area contributed by atoms with E-state index in [9.17, 15) is 14.7 Å². The van der Waals surface area contributed by atoms with Crippen molar-refractivity contribution in [2.75, 3.05) is 0 Å². The maximum atomic E-state index is 10.8. The summed E-state index contributed by atoms with van der Waals surface area (Å²) < 4.78 is 0. The lowest BCUT2D eigenvalue weighted by atomic mass is 10.1. The number of nitrogens with one attached hydrogen (secondary N) is 1. The Morgan fingerprint density at radius 2 is 1.88 bits per heavy atom.